The first-order valence-corrected chi connectivity index (χ1v) is 22.2. The number of rotatable bonds is 14. The molecule has 0 unspecified atom stereocenters. The molecule has 0 amide bonds. The number of phenolic OH excluding ortho intramolecular Hbond substituents is 1. The zero-order valence-electron chi connectivity index (χ0n) is 27.1. The summed E-state index contributed by atoms with van der Waals surface area (Å²) in [5.74, 6) is -3.01. The number of aromatic hydroxyl groups is 1. The molecule has 5 aromatic rings. The van der Waals surface area contributed by atoms with E-state index in [2.05, 4.69) is 40.0 Å². The predicted octanol–water partition coefficient (Wildman–Crippen LogP) is 3.62. The lowest BCUT2D eigenvalue weighted by Gasteiger charge is -2.15. The smallest absolute Gasteiger partial charge is 0.397 e. The lowest BCUT2D eigenvalue weighted by molar-refractivity contribution is 0.284. The lowest BCUT2D eigenvalue weighted by atomic mass is 10.1. The Kier molecular flexibility index (Phi) is 11.7. The van der Waals surface area contributed by atoms with E-state index in [1.54, 1.807) is 0 Å². The van der Waals surface area contributed by atoms with E-state index in [0.717, 1.165) is 30.3 Å². The molecule has 298 valence electrons. The number of fused-ring (bicyclic) bond motifs is 1. The molecule has 0 aliphatic rings. The van der Waals surface area contributed by atoms with Gasteiger partial charge in [0, 0.05) is 5.39 Å². The zero-order chi connectivity index (χ0) is 41.4. The van der Waals surface area contributed by atoms with Crippen LogP contribution in [0.25, 0.3) is 10.8 Å². The zero-order valence-corrected chi connectivity index (χ0v) is 32.0. The third-order valence-electron chi connectivity index (χ3n) is 6.99. The van der Waals surface area contributed by atoms with Gasteiger partial charge in [0.25, 0.3) is 30.4 Å². The van der Waals surface area contributed by atoms with E-state index < -0.39 is 128 Å². The summed E-state index contributed by atoms with van der Waals surface area (Å²) in [4.78, 5) is 8.69. The van der Waals surface area contributed by atoms with Crippen LogP contribution in [0.4, 0.5) is 34.6 Å². The van der Waals surface area contributed by atoms with E-state index in [4.69, 9.17) is 16.2 Å². The van der Waals surface area contributed by atoms with E-state index in [0.29, 0.717) is 12.1 Å². The van der Waals surface area contributed by atoms with Gasteiger partial charge in [-0.2, -0.15) is 53.7 Å². The second kappa shape index (κ2) is 15.5. The average Bonchev–Trinajstić information content (AvgIpc) is 3.05. The molecule has 1 aromatic heterocycles. The summed E-state index contributed by atoms with van der Waals surface area (Å²) in [6, 6.07) is 11.4. The van der Waals surface area contributed by atoms with E-state index in [-0.39, 0.29) is 11.4 Å². The van der Waals surface area contributed by atoms with Gasteiger partial charge in [0.15, 0.2) is 15.6 Å². The quantitative estimate of drug-likeness (QED) is 0.0618. The summed E-state index contributed by atoms with van der Waals surface area (Å²) in [6.45, 7) is -0.944. The standard InChI is InChI=1S/C27H22ClN7O16S5/c28-25-31-26(29-18-6-1-2-7-20(18)52(37,38)9-8-51-56(48,49)50)33-27(32-25)30-19-13-17(54(42,43)44)10-14-11-21(55(45,46)47)23(24(36)22(14)19)35-34-15-4-3-5-16(12-15)53(39,40)41/h1-7,10-13,36H,8-9H2,(H,39,40,41)(H,42,43,44)(H,45,46,47)(H,48,49,50)(H2,29,30,31,32,33). The number of benzene rings is 4. The summed E-state index contributed by atoms with van der Waals surface area (Å²) in [5.41, 5.74) is -1.93. The molecule has 0 aliphatic heterocycles. The number of nitrogens with zero attached hydrogens (tertiary/aromatic N) is 5. The summed E-state index contributed by atoms with van der Waals surface area (Å²) < 4.78 is 162. The second-order valence-corrected chi connectivity index (χ2v) is 18.6. The molecule has 4 aromatic carbocycles. The topological polar surface area (TPSA) is 369 Å². The van der Waals surface area contributed by atoms with Crippen molar-refractivity contribution >= 4 is 108 Å². The second-order valence-electron chi connectivity index (χ2n) is 10.8. The van der Waals surface area contributed by atoms with Crippen LogP contribution in [-0.4, -0.2) is 92.7 Å². The minimum atomic E-state index is -5.30. The Morgan fingerprint density at radius 2 is 1.29 bits per heavy atom. The fraction of sp³-hybridized carbons (Fsp3) is 0.0741. The predicted molar refractivity (Wildman–Crippen MR) is 193 cm³/mol. The highest BCUT2D eigenvalue weighted by Crippen LogP contribution is 2.45. The molecule has 56 heavy (non-hydrogen) atoms. The van der Waals surface area contributed by atoms with Crippen molar-refractivity contribution in [2.75, 3.05) is 23.0 Å². The molecule has 29 heteroatoms. The molecule has 1 heterocycles. The van der Waals surface area contributed by atoms with Crippen LogP contribution in [0.15, 0.2) is 96.5 Å². The maximum atomic E-state index is 13.0. The maximum absolute atomic E-state index is 13.0. The molecule has 0 fully saturated rings. The number of hydrogen-bond acceptors (Lipinski definition) is 19. The minimum Gasteiger partial charge on any atom is -0.505 e. The molecule has 0 atom stereocenters. The van der Waals surface area contributed by atoms with Crippen LogP contribution >= 0.6 is 11.6 Å². The summed E-state index contributed by atoms with van der Waals surface area (Å²) in [7, 11) is -24.4. The first kappa shape index (κ1) is 42.1. The van der Waals surface area contributed by atoms with E-state index >= 15 is 0 Å². The molecule has 7 N–H and O–H groups in total. The third-order valence-corrected chi connectivity index (χ3v) is 11.9. The van der Waals surface area contributed by atoms with E-state index in [1.165, 1.54) is 24.3 Å². The highest BCUT2D eigenvalue weighted by Gasteiger charge is 2.27. The SMILES string of the molecule is O=S(=O)(O)OCCS(=O)(=O)c1ccccc1Nc1nc(Cl)nc(Nc2cc(S(=O)(=O)O)cc3cc(S(=O)(=O)O)c(N=Nc4cccc(S(=O)(=O)O)c4)c(O)c23)n1. The molecule has 0 aliphatic carbocycles. The van der Waals surface area contributed by atoms with Crippen molar-refractivity contribution in [2.24, 2.45) is 10.2 Å². The first-order chi connectivity index (χ1) is 25.8. The van der Waals surface area contributed by atoms with Gasteiger partial charge in [-0.1, -0.05) is 18.2 Å². The van der Waals surface area contributed by atoms with Gasteiger partial charge in [0.1, 0.15) is 10.6 Å². The van der Waals surface area contributed by atoms with Gasteiger partial charge in [-0.25, -0.2) is 12.6 Å². The number of halogens is 1. The Morgan fingerprint density at radius 3 is 1.89 bits per heavy atom. The van der Waals surface area contributed by atoms with Crippen LogP contribution in [0.2, 0.25) is 5.28 Å². The van der Waals surface area contributed by atoms with Gasteiger partial charge >= 0.3 is 10.4 Å². The Morgan fingerprint density at radius 1 is 0.661 bits per heavy atom. The van der Waals surface area contributed by atoms with Gasteiger partial charge in [-0.3, -0.25) is 18.2 Å². The van der Waals surface area contributed by atoms with Crippen molar-refractivity contribution in [3.8, 4) is 5.75 Å². The van der Waals surface area contributed by atoms with Gasteiger partial charge in [-0.15, -0.1) is 5.11 Å². The van der Waals surface area contributed by atoms with Crippen LogP contribution in [-0.2, 0) is 54.8 Å². The Labute approximate surface area is 321 Å². The van der Waals surface area contributed by atoms with Gasteiger partial charge < -0.3 is 15.7 Å². The molecule has 0 saturated carbocycles. The Hall–Kier alpha value is -5.01. The molecular weight excluding hydrogens is 874 g/mol. The number of anilines is 4. The molecule has 0 spiro atoms. The van der Waals surface area contributed by atoms with Gasteiger partial charge in [0.05, 0.1) is 44.1 Å². The average molecular weight is 896 g/mol. The third kappa shape index (κ3) is 10.2. The van der Waals surface area contributed by atoms with Crippen LogP contribution in [0.5, 0.6) is 5.75 Å². The number of sulfone groups is 1. The van der Waals surface area contributed by atoms with E-state index in [9.17, 15) is 60.9 Å². The number of azo groups is 1. The van der Waals surface area contributed by atoms with Gasteiger partial charge in [-0.05, 0) is 65.5 Å². The van der Waals surface area contributed by atoms with Crippen LogP contribution in [0, 0.1) is 0 Å². The minimum absolute atomic E-state index is 0.182. The fourth-order valence-electron chi connectivity index (χ4n) is 4.72. The Bertz CT molecular complexity index is 3010. The van der Waals surface area contributed by atoms with Crippen molar-refractivity contribution in [1.29, 1.82) is 0 Å². The van der Waals surface area contributed by atoms with E-state index in [1.807, 2.05) is 0 Å². The largest absolute Gasteiger partial charge is 0.505 e. The van der Waals surface area contributed by atoms with Crippen LogP contribution in [0.1, 0.15) is 0 Å². The highest BCUT2D eigenvalue weighted by atomic mass is 35.5. The van der Waals surface area contributed by atoms with Crippen molar-refractivity contribution in [3.05, 3.63) is 72.0 Å². The molecule has 0 saturated heterocycles. The molecule has 5 rings (SSSR count). The molecule has 23 nitrogen and oxygen atoms in total. The van der Waals surface area contributed by atoms with Crippen molar-refractivity contribution in [2.45, 2.75) is 19.6 Å². The number of hydrogen-bond donors (Lipinski definition) is 7. The number of nitrogens with one attached hydrogen (secondary N) is 2. The first-order valence-electron chi connectivity index (χ1n) is 14.5. The molecule has 0 radical (unpaired) electrons. The number of para-hydroxylation sites is 1. The maximum Gasteiger partial charge on any atom is 0.397 e. The highest BCUT2D eigenvalue weighted by molar-refractivity contribution is 7.91. The normalized spacial score (nSPS) is 12.9. The summed E-state index contributed by atoms with van der Waals surface area (Å²) >= 11 is 6.09. The molecule has 0 bridgehead atoms. The lowest BCUT2D eigenvalue weighted by Crippen LogP contribution is -2.16. The van der Waals surface area contributed by atoms with Crippen molar-refractivity contribution < 1.29 is 69.6 Å². The van der Waals surface area contributed by atoms with Crippen molar-refractivity contribution in [1.82, 2.24) is 15.0 Å². The molecular formula is C27H22ClN7O16S5. The summed E-state index contributed by atoms with van der Waals surface area (Å²) in [5, 5.41) is 22.4. The fourth-order valence-corrected chi connectivity index (χ4v) is 8.26. The monoisotopic (exact) mass is 895 g/mol. The Balaban J connectivity index is 1.63. The summed E-state index contributed by atoms with van der Waals surface area (Å²) in [6.07, 6.45) is 0. The number of phenols is 1. The van der Waals surface area contributed by atoms with Crippen LogP contribution in [0.3, 0.4) is 0 Å². The van der Waals surface area contributed by atoms with Gasteiger partial charge in [0.2, 0.25) is 17.2 Å². The number of aromatic nitrogens is 3. The van der Waals surface area contributed by atoms with Crippen molar-refractivity contribution in [3.63, 3.8) is 0 Å². The van der Waals surface area contributed by atoms with Crippen LogP contribution < -0.4 is 10.6 Å².